The van der Waals surface area contributed by atoms with Gasteiger partial charge in [0.2, 0.25) is 0 Å². The molecule has 0 saturated heterocycles. The Morgan fingerprint density at radius 1 is 1.16 bits per heavy atom. The molecule has 0 spiro atoms. The van der Waals surface area contributed by atoms with Gasteiger partial charge in [-0.2, -0.15) is 5.10 Å². The molecule has 1 atom stereocenters. The number of fused-ring (bicyclic) bond motifs is 1. The lowest BCUT2D eigenvalue weighted by Crippen LogP contribution is -2.07. The molecule has 1 heterocycles. The summed E-state index contributed by atoms with van der Waals surface area (Å²) in [6.07, 6.45) is 1.83. The molecule has 3 aromatic rings. The first-order valence-electron chi connectivity index (χ1n) is 6.19. The Morgan fingerprint density at radius 2 is 2.00 bits per heavy atom. The Balaban J connectivity index is 1.93. The van der Waals surface area contributed by atoms with Crippen LogP contribution in [0.2, 0.25) is 5.02 Å². The van der Waals surface area contributed by atoms with Crippen LogP contribution >= 0.6 is 11.6 Å². The first kappa shape index (κ1) is 12.1. The molecule has 0 aliphatic heterocycles. The van der Waals surface area contributed by atoms with Crippen molar-refractivity contribution in [3.05, 3.63) is 59.2 Å². The lowest BCUT2D eigenvalue weighted by Gasteiger charge is -2.17. The summed E-state index contributed by atoms with van der Waals surface area (Å²) in [5.41, 5.74) is 3.17. The van der Waals surface area contributed by atoms with E-state index >= 15 is 0 Å². The minimum Gasteiger partial charge on any atom is -0.378 e. The van der Waals surface area contributed by atoms with E-state index in [0.717, 1.165) is 27.2 Å². The number of hydrogen-bond donors (Lipinski definition) is 2. The Morgan fingerprint density at radius 3 is 2.84 bits per heavy atom. The maximum absolute atomic E-state index is 6.22. The van der Waals surface area contributed by atoms with Crippen LogP contribution in [-0.4, -0.2) is 10.2 Å². The van der Waals surface area contributed by atoms with Gasteiger partial charge in [0.15, 0.2) is 0 Å². The molecule has 0 aliphatic rings. The van der Waals surface area contributed by atoms with E-state index in [-0.39, 0.29) is 6.04 Å². The normalized spacial score (nSPS) is 12.5. The third kappa shape index (κ3) is 2.29. The van der Waals surface area contributed by atoms with Gasteiger partial charge in [-0.05, 0) is 30.7 Å². The largest absolute Gasteiger partial charge is 0.378 e. The predicted octanol–water partition coefficient (Wildman–Crippen LogP) is 4.39. The number of nitrogens with zero attached hydrogens (tertiary/aromatic N) is 1. The number of aromatic amines is 1. The van der Waals surface area contributed by atoms with Crippen LogP contribution in [0.5, 0.6) is 0 Å². The lowest BCUT2D eigenvalue weighted by atomic mass is 10.1. The van der Waals surface area contributed by atoms with Gasteiger partial charge in [-0.25, -0.2) is 0 Å². The van der Waals surface area contributed by atoms with E-state index in [2.05, 4.69) is 22.4 Å². The van der Waals surface area contributed by atoms with E-state index in [9.17, 15) is 0 Å². The molecular weight excluding hydrogens is 258 g/mol. The SMILES string of the molecule is CC(Nc1cccc2[nH]ncc12)c1ccccc1Cl. The molecule has 4 heteroatoms. The smallest absolute Gasteiger partial charge is 0.0671 e. The third-order valence-electron chi connectivity index (χ3n) is 3.23. The van der Waals surface area contributed by atoms with Crippen LogP contribution in [0.15, 0.2) is 48.7 Å². The van der Waals surface area contributed by atoms with Crippen LogP contribution in [0, 0.1) is 0 Å². The van der Waals surface area contributed by atoms with E-state index in [1.54, 1.807) is 0 Å². The molecule has 3 nitrogen and oxygen atoms in total. The first-order chi connectivity index (χ1) is 9.25. The average Bonchev–Trinajstić information content (AvgIpc) is 2.88. The van der Waals surface area contributed by atoms with Crippen molar-refractivity contribution in [2.45, 2.75) is 13.0 Å². The van der Waals surface area contributed by atoms with Crippen molar-refractivity contribution in [1.82, 2.24) is 10.2 Å². The highest BCUT2D eigenvalue weighted by atomic mass is 35.5. The molecule has 1 aromatic heterocycles. The van der Waals surface area contributed by atoms with Crippen molar-refractivity contribution in [3.8, 4) is 0 Å². The molecular formula is C15H14ClN3. The quantitative estimate of drug-likeness (QED) is 0.742. The topological polar surface area (TPSA) is 40.7 Å². The molecule has 0 radical (unpaired) electrons. The maximum Gasteiger partial charge on any atom is 0.0671 e. The van der Waals surface area contributed by atoms with Crippen LogP contribution in [0.4, 0.5) is 5.69 Å². The second-order valence-electron chi connectivity index (χ2n) is 4.52. The summed E-state index contributed by atoms with van der Waals surface area (Å²) in [5, 5.41) is 12.4. The van der Waals surface area contributed by atoms with Crippen molar-refractivity contribution in [3.63, 3.8) is 0 Å². The van der Waals surface area contributed by atoms with Crippen molar-refractivity contribution < 1.29 is 0 Å². The summed E-state index contributed by atoms with van der Waals surface area (Å²) in [6, 6.07) is 14.1. The standard InChI is InChI=1S/C15H14ClN3/c1-10(11-5-2-3-6-13(11)16)18-14-7-4-8-15-12(14)9-17-19-15/h2-10,18H,1H3,(H,17,19). The van der Waals surface area contributed by atoms with Crippen LogP contribution in [0.1, 0.15) is 18.5 Å². The summed E-state index contributed by atoms with van der Waals surface area (Å²) in [4.78, 5) is 0. The maximum atomic E-state index is 6.22. The van der Waals surface area contributed by atoms with Gasteiger partial charge < -0.3 is 5.32 Å². The number of benzene rings is 2. The molecule has 0 aliphatic carbocycles. The first-order valence-corrected chi connectivity index (χ1v) is 6.56. The number of halogens is 1. The molecule has 1 unspecified atom stereocenters. The number of rotatable bonds is 3. The molecule has 3 rings (SSSR count). The van der Waals surface area contributed by atoms with Gasteiger partial charge in [-0.3, -0.25) is 5.10 Å². The summed E-state index contributed by atoms with van der Waals surface area (Å²) in [7, 11) is 0. The van der Waals surface area contributed by atoms with Crippen LogP contribution in [-0.2, 0) is 0 Å². The molecule has 19 heavy (non-hydrogen) atoms. The van der Waals surface area contributed by atoms with Gasteiger partial charge in [-0.1, -0.05) is 35.9 Å². The van der Waals surface area contributed by atoms with Crippen molar-refractivity contribution in [2.24, 2.45) is 0 Å². The van der Waals surface area contributed by atoms with Crippen LogP contribution < -0.4 is 5.32 Å². The molecule has 0 fully saturated rings. The Bertz CT molecular complexity index is 705. The fraction of sp³-hybridized carbons (Fsp3) is 0.133. The van der Waals surface area contributed by atoms with Gasteiger partial charge in [0.1, 0.15) is 0 Å². The molecule has 2 N–H and O–H groups in total. The number of hydrogen-bond acceptors (Lipinski definition) is 2. The molecule has 2 aromatic carbocycles. The fourth-order valence-electron chi connectivity index (χ4n) is 2.23. The number of nitrogens with one attached hydrogen (secondary N) is 2. The lowest BCUT2D eigenvalue weighted by molar-refractivity contribution is 0.887. The van der Waals surface area contributed by atoms with Crippen LogP contribution in [0.25, 0.3) is 10.9 Å². The van der Waals surface area contributed by atoms with Gasteiger partial charge in [0.25, 0.3) is 0 Å². The highest BCUT2D eigenvalue weighted by Gasteiger charge is 2.10. The summed E-state index contributed by atoms with van der Waals surface area (Å²) < 4.78 is 0. The van der Waals surface area contributed by atoms with E-state index in [1.165, 1.54) is 0 Å². The predicted molar refractivity (Wildman–Crippen MR) is 79.6 cm³/mol. The monoisotopic (exact) mass is 271 g/mol. The minimum absolute atomic E-state index is 0.134. The number of anilines is 1. The van der Waals surface area contributed by atoms with Crippen LogP contribution in [0.3, 0.4) is 0 Å². The Kier molecular flexibility index (Phi) is 3.13. The average molecular weight is 272 g/mol. The third-order valence-corrected chi connectivity index (χ3v) is 3.57. The van der Waals surface area contributed by atoms with E-state index < -0.39 is 0 Å². The molecule has 0 saturated carbocycles. The van der Waals surface area contributed by atoms with Gasteiger partial charge in [0, 0.05) is 16.1 Å². The summed E-state index contributed by atoms with van der Waals surface area (Å²) in [5.74, 6) is 0. The molecule has 0 bridgehead atoms. The van der Waals surface area contributed by atoms with Gasteiger partial charge in [0.05, 0.1) is 17.8 Å². The highest BCUT2D eigenvalue weighted by Crippen LogP contribution is 2.28. The molecule has 0 amide bonds. The van der Waals surface area contributed by atoms with Gasteiger partial charge in [-0.15, -0.1) is 0 Å². The Labute approximate surface area is 116 Å². The second kappa shape index (κ2) is 4.94. The molecule has 96 valence electrons. The fourth-order valence-corrected chi connectivity index (χ4v) is 2.53. The van der Waals surface area contributed by atoms with Crippen molar-refractivity contribution in [2.75, 3.05) is 5.32 Å². The van der Waals surface area contributed by atoms with Crippen molar-refractivity contribution >= 4 is 28.2 Å². The number of H-pyrrole nitrogens is 1. The minimum atomic E-state index is 0.134. The summed E-state index contributed by atoms with van der Waals surface area (Å²) in [6.45, 7) is 2.10. The zero-order valence-electron chi connectivity index (χ0n) is 10.5. The number of aromatic nitrogens is 2. The highest BCUT2D eigenvalue weighted by molar-refractivity contribution is 6.31. The van der Waals surface area contributed by atoms with Gasteiger partial charge >= 0.3 is 0 Å². The summed E-state index contributed by atoms with van der Waals surface area (Å²) >= 11 is 6.22. The van der Waals surface area contributed by atoms with E-state index in [0.29, 0.717) is 0 Å². The Hall–Kier alpha value is -2.00. The second-order valence-corrected chi connectivity index (χ2v) is 4.93. The van der Waals surface area contributed by atoms with E-state index in [4.69, 9.17) is 11.6 Å². The zero-order chi connectivity index (χ0) is 13.2. The van der Waals surface area contributed by atoms with E-state index in [1.807, 2.05) is 48.7 Å². The zero-order valence-corrected chi connectivity index (χ0v) is 11.3. The van der Waals surface area contributed by atoms with Crippen molar-refractivity contribution in [1.29, 1.82) is 0 Å².